The Morgan fingerprint density at radius 3 is 2.62 bits per heavy atom. The maximum Gasteiger partial charge on any atom is 0.193 e. The van der Waals surface area contributed by atoms with Crippen LogP contribution in [0.15, 0.2) is 27.2 Å². The number of aliphatic imine (C=N–C) groups is 1. The van der Waals surface area contributed by atoms with Crippen molar-refractivity contribution in [1.82, 2.24) is 15.2 Å². The van der Waals surface area contributed by atoms with E-state index in [1.165, 1.54) is 16.3 Å². The van der Waals surface area contributed by atoms with E-state index < -0.39 is 0 Å². The van der Waals surface area contributed by atoms with E-state index in [0.29, 0.717) is 0 Å². The molecule has 0 aromatic carbocycles. The number of rotatable bonds is 5. The third-order valence-electron chi connectivity index (χ3n) is 3.52. The molecule has 2 heterocycles. The molecule has 7 heteroatoms. The number of thiophene rings is 1. The minimum Gasteiger partial charge on any atom is -0.356 e. The van der Waals surface area contributed by atoms with Gasteiger partial charge in [0.1, 0.15) is 0 Å². The predicted octanol–water partition coefficient (Wildman–Crippen LogP) is 4.37. The van der Waals surface area contributed by atoms with Gasteiger partial charge in [0.05, 0.1) is 10.7 Å². The van der Waals surface area contributed by atoms with Crippen molar-refractivity contribution in [2.75, 3.05) is 20.6 Å². The Kier molecular flexibility index (Phi) is 8.66. The largest absolute Gasteiger partial charge is 0.356 e. The lowest BCUT2D eigenvalue weighted by Gasteiger charge is -2.21. The van der Waals surface area contributed by atoms with Gasteiger partial charge < -0.3 is 10.2 Å². The molecule has 0 aliphatic heterocycles. The molecule has 0 aliphatic carbocycles. The highest BCUT2D eigenvalue weighted by Crippen LogP contribution is 2.23. The number of halogens is 1. The Morgan fingerprint density at radius 2 is 2.08 bits per heavy atom. The number of hydrogen-bond acceptors (Lipinski definition) is 4. The fourth-order valence-corrected chi connectivity index (χ4v) is 3.85. The molecule has 134 valence electrons. The molecule has 2 aromatic heterocycles. The molecule has 0 radical (unpaired) electrons. The van der Waals surface area contributed by atoms with Crippen LogP contribution in [0.25, 0.3) is 0 Å². The van der Waals surface area contributed by atoms with Crippen LogP contribution in [0, 0.1) is 0 Å². The van der Waals surface area contributed by atoms with Crippen LogP contribution >= 0.6 is 46.7 Å². The highest BCUT2D eigenvalue weighted by Gasteiger charge is 2.17. The van der Waals surface area contributed by atoms with E-state index in [1.807, 2.05) is 7.05 Å². The van der Waals surface area contributed by atoms with Gasteiger partial charge in [-0.15, -0.1) is 35.3 Å². The molecule has 0 saturated heterocycles. The zero-order chi connectivity index (χ0) is 16.9. The van der Waals surface area contributed by atoms with Gasteiger partial charge in [-0.05, 0) is 22.4 Å². The number of hydrogen-bond donors (Lipinski definition) is 1. The van der Waals surface area contributed by atoms with Crippen molar-refractivity contribution in [3.63, 3.8) is 0 Å². The first-order valence-corrected chi connectivity index (χ1v) is 9.60. The topological polar surface area (TPSA) is 40.5 Å². The Morgan fingerprint density at radius 1 is 1.33 bits per heavy atom. The molecule has 0 fully saturated rings. The van der Waals surface area contributed by atoms with E-state index in [-0.39, 0.29) is 29.4 Å². The third-order valence-corrected chi connectivity index (χ3v) is 5.16. The molecule has 0 aliphatic rings. The Balaban J connectivity index is 0.00000288. The van der Waals surface area contributed by atoms with E-state index in [9.17, 15) is 0 Å². The molecule has 1 N–H and O–H groups in total. The van der Waals surface area contributed by atoms with Crippen LogP contribution in [0.1, 0.15) is 37.0 Å². The average molecular weight is 478 g/mol. The van der Waals surface area contributed by atoms with E-state index in [0.717, 1.165) is 25.5 Å². The van der Waals surface area contributed by atoms with E-state index in [4.69, 9.17) is 4.98 Å². The molecule has 2 aromatic rings. The molecule has 0 spiro atoms. The number of nitrogens with zero attached hydrogens (tertiary/aromatic N) is 3. The lowest BCUT2D eigenvalue weighted by Crippen LogP contribution is -2.39. The summed E-state index contributed by atoms with van der Waals surface area (Å²) >= 11 is 3.47. The summed E-state index contributed by atoms with van der Waals surface area (Å²) in [7, 11) is 3.89. The van der Waals surface area contributed by atoms with Crippen molar-refractivity contribution < 1.29 is 0 Å². The van der Waals surface area contributed by atoms with Crippen molar-refractivity contribution >= 4 is 52.6 Å². The molecule has 2 rings (SSSR count). The van der Waals surface area contributed by atoms with Crippen LogP contribution in [-0.2, 0) is 18.4 Å². The second kappa shape index (κ2) is 9.72. The summed E-state index contributed by atoms with van der Waals surface area (Å²) in [4.78, 5) is 11.2. The standard InChI is InChI=1S/C17H26N4S2.HI/c1-17(2,3)14-12-23-15(20-14)6-8-19-16(18-4)21(5)10-13-7-9-22-11-13;/h7,9,11-12H,6,8,10H2,1-5H3,(H,18,19);1H. The summed E-state index contributed by atoms with van der Waals surface area (Å²) in [5.41, 5.74) is 2.62. The Hall–Kier alpha value is -0.670. The van der Waals surface area contributed by atoms with Crippen LogP contribution in [-0.4, -0.2) is 36.5 Å². The summed E-state index contributed by atoms with van der Waals surface area (Å²) in [6.45, 7) is 8.31. The minimum absolute atomic E-state index is 0. The van der Waals surface area contributed by atoms with Crippen LogP contribution in [0.3, 0.4) is 0 Å². The summed E-state index contributed by atoms with van der Waals surface area (Å²) in [6, 6.07) is 2.15. The summed E-state index contributed by atoms with van der Waals surface area (Å²) in [5.74, 6) is 0.920. The summed E-state index contributed by atoms with van der Waals surface area (Å²) < 4.78 is 0. The zero-order valence-corrected chi connectivity index (χ0v) is 19.0. The maximum absolute atomic E-state index is 4.74. The predicted molar refractivity (Wildman–Crippen MR) is 117 cm³/mol. The summed E-state index contributed by atoms with van der Waals surface area (Å²) in [5, 5.41) is 11.1. The van der Waals surface area contributed by atoms with Crippen LogP contribution in [0.5, 0.6) is 0 Å². The number of nitrogens with one attached hydrogen (secondary N) is 1. The Bertz CT molecular complexity index is 629. The van der Waals surface area contributed by atoms with Gasteiger partial charge in [-0.1, -0.05) is 20.8 Å². The van der Waals surface area contributed by atoms with Crippen molar-refractivity contribution in [2.24, 2.45) is 4.99 Å². The number of guanidine groups is 1. The molecule has 0 amide bonds. The molecular weight excluding hydrogens is 451 g/mol. The molecule has 0 saturated carbocycles. The highest BCUT2D eigenvalue weighted by molar-refractivity contribution is 14.0. The second-order valence-electron chi connectivity index (χ2n) is 6.59. The quantitative estimate of drug-likeness (QED) is 0.394. The first kappa shape index (κ1) is 21.4. The lowest BCUT2D eigenvalue weighted by molar-refractivity contribution is 0.478. The van der Waals surface area contributed by atoms with Crippen LogP contribution < -0.4 is 5.32 Å². The SMILES string of the molecule is CN=C(NCCc1nc(C(C)(C)C)cs1)N(C)Cc1ccsc1.I. The van der Waals surface area contributed by atoms with Crippen molar-refractivity contribution in [3.8, 4) is 0 Å². The van der Waals surface area contributed by atoms with Gasteiger partial charge in [-0.3, -0.25) is 4.99 Å². The average Bonchev–Trinajstić information content (AvgIpc) is 3.14. The van der Waals surface area contributed by atoms with Crippen molar-refractivity contribution in [2.45, 2.75) is 39.2 Å². The van der Waals surface area contributed by atoms with Gasteiger partial charge in [0.2, 0.25) is 0 Å². The normalized spacial score (nSPS) is 12.0. The van der Waals surface area contributed by atoms with E-state index >= 15 is 0 Å². The van der Waals surface area contributed by atoms with Gasteiger partial charge >= 0.3 is 0 Å². The molecule has 0 atom stereocenters. The van der Waals surface area contributed by atoms with E-state index in [2.05, 4.69) is 65.2 Å². The molecule has 0 bridgehead atoms. The monoisotopic (exact) mass is 478 g/mol. The lowest BCUT2D eigenvalue weighted by atomic mass is 9.93. The third kappa shape index (κ3) is 6.33. The highest BCUT2D eigenvalue weighted by atomic mass is 127. The van der Waals surface area contributed by atoms with Crippen molar-refractivity contribution in [1.29, 1.82) is 0 Å². The zero-order valence-electron chi connectivity index (χ0n) is 15.0. The number of thiazole rings is 1. The van der Waals surface area contributed by atoms with Crippen molar-refractivity contribution in [3.05, 3.63) is 38.5 Å². The van der Waals surface area contributed by atoms with Crippen LogP contribution in [0.2, 0.25) is 0 Å². The van der Waals surface area contributed by atoms with Gasteiger partial charge in [0, 0.05) is 44.4 Å². The first-order valence-electron chi connectivity index (χ1n) is 7.78. The van der Waals surface area contributed by atoms with E-state index in [1.54, 1.807) is 22.7 Å². The van der Waals surface area contributed by atoms with Gasteiger partial charge in [0.25, 0.3) is 0 Å². The molecule has 0 unspecified atom stereocenters. The second-order valence-corrected chi connectivity index (χ2v) is 8.31. The van der Waals surface area contributed by atoms with Gasteiger partial charge in [0.15, 0.2) is 5.96 Å². The first-order chi connectivity index (χ1) is 10.9. The Labute approximate surface area is 170 Å². The van der Waals surface area contributed by atoms with Gasteiger partial charge in [-0.2, -0.15) is 11.3 Å². The molecule has 24 heavy (non-hydrogen) atoms. The fraction of sp³-hybridized carbons (Fsp3) is 0.529. The minimum atomic E-state index is 0. The molecular formula is C17H27IN4S2. The molecule has 4 nitrogen and oxygen atoms in total. The smallest absolute Gasteiger partial charge is 0.193 e. The summed E-state index contributed by atoms with van der Waals surface area (Å²) in [6.07, 6.45) is 0.923. The number of aromatic nitrogens is 1. The van der Waals surface area contributed by atoms with Gasteiger partial charge in [-0.25, -0.2) is 4.98 Å². The maximum atomic E-state index is 4.74. The fourth-order valence-electron chi connectivity index (χ4n) is 2.17. The van der Waals surface area contributed by atoms with Crippen LogP contribution in [0.4, 0.5) is 0 Å².